The molecular weight excluding hydrogens is 244 g/mol. The van der Waals surface area contributed by atoms with Gasteiger partial charge in [0.1, 0.15) is 0 Å². The van der Waals surface area contributed by atoms with Crippen molar-refractivity contribution in [3.8, 4) is 0 Å². The molecule has 0 spiro atoms. The fraction of sp³-hybridized carbons (Fsp3) is 0.615. The van der Waals surface area contributed by atoms with Crippen LogP contribution in [0.15, 0.2) is 5.16 Å². The Hall–Kier alpha value is -1.10. The van der Waals surface area contributed by atoms with Gasteiger partial charge in [-0.1, -0.05) is 11.8 Å². The molecule has 1 aliphatic rings. The fourth-order valence-corrected chi connectivity index (χ4v) is 3.21. The molecule has 1 heterocycles. The van der Waals surface area contributed by atoms with E-state index in [4.69, 9.17) is 11.1 Å². The summed E-state index contributed by atoms with van der Waals surface area (Å²) in [5, 5.41) is 8.26. The van der Waals surface area contributed by atoms with Crippen LogP contribution in [0.5, 0.6) is 0 Å². The molecule has 0 radical (unpaired) electrons. The van der Waals surface area contributed by atoms with Gasteiger partial charge in [0, 0.05) is 23.6 Å². The second-order valence-corrected chi connectivity index (χ2v) is 6.24. The predicted molar refractivity (Wildman–Crippen MR) is 75.2 cm³/mol. The Kier molecular flexibility index (Phi) is 3.61. The number of amidine groups is 1. The standard InChI is InChI=1S/C13H20N4S/c1-8-9(2)16-12(17-10(8)3)18-7-13(4-5-13)6-11(14)15/h4-7H2,1-3H3,(H3,14,15). The molecule has 0 unspecified atom stereocenters. The first-order valence-electron chi connectivity index (χ1n) is 6.19. The van der Waals surface area contributed by atoms with Crippen molar-refractivity contribution in [3.05, 3.63) is 17.0 Å². The minimum Gasteiger partial charge on any atom is -0.388 e. The lowest BCUT2D eigenvalue weighted by Crippen LogP contribution is -2.18. The quantitative estimate of drug-likeness (QED) is 0.371. The van der Waals surface area contributed by atoms with Crippen LogP contribution in [0.25, 0.3) is 0 Å². The maximum atomic E-state index is 7.41. The van der Waals surface area contributed by atoms with E-state index in [1.807, 2.05) is 13.8 Å². The molecule has 1 saturated carbocycles. The molecule has 1 fully saturated rings. The normalized spacial score (nSPS) is 16.6. The van der Waals surface area contributed by atoms with Gasteiger partial charge in [0.2, 0.25) is 0 Å². The van der Waals surface area contributed by atoms with Crippen molar-refractivity contribution < 1.29 is 0 Å². The summed E-state index contributed by atoms with van der Waals surface area (Å²) in [4.78, 5) is 9.02. The number of rotatable bonds is 5. The second kappa shape index (κ2) is 4.88. The topological polar surface area (TPSA) is 75.7 Å². The zero-order valence-corrected chi connectivity index (χ0v) is 12.0. The highest BCUT2D eigenvalue weighted by Crippen LogP contribution is 2.51. The molecule has 18 heavy (non-hydrogen) atoms. The van der Waals surface area contributed by atoms with Gasteiger partial charge in [-0.05, 0) is 44.6 Å². The van der Waals surface area contributed by atoms with Gasteiger partial charge in [0.25, 0.3) is 0 Å². The lowest BCUT2D eigenvalue weighted by atomic mass is 10.1. The summed E-state index contributed by atoms with van der Waals surface area (Å²) in [6.45, 7) is 6.10. The van der Waals surface area contributed by atoms with Crippen molar-refractivity contribution in [2.75, 3.05) is 5.75 Å². The molecular formula is C13H20N4S. The van der Waals surface area contributed by atoms with Crippen LogP contribution in [0.2, 0.25) is 0 Å². The van der Waals surface area contributed by atoms with Gasteiger partial charge in [-0.2, -0.15) is 0 Å². The van der Waals surface area contributed by atoms with Crippen LogP contribution in [-0.4, -0.2) is 21.6 Å². The molecule has 1 aliphatic carbocycles. The SMILES string of the molecule is Cc1nc(SCC2(CC(=N)N)CC2)nc(C)c1C. The molecule has 0 amide bonds. The molecule has 0 bridgehead atoms. The van der Waals surface area contributed by atoms with Crippen LogP contribution in [0, 0.1) is 31.6 Å². The Bertz CT molecular complexity index is 457. The van der Waals surface area contributed by atoms with E-state index >= 15 is 0 Å². The highest BCUT2D eigenvalue weighted by Gasteiger charge is 2.43. The second-order valence-electron chi connectivity index (χ2n) is 5.29. The van der Waals surface area contributed by atoms with Gasteiger partial charge < -0.3 is 5.73 Å². The molecule has 4 nitrogen and oxygen atoms in total. The van der Waals surface area contributed by atoms with E-state index < -0.39 is 0 Å². The van der Waals surface area contributed by atoms with E-state index in [0.29, 0.717) is 12.3 Å². The van der Waals surface area contributed by atoms with Gasteiger partial charge in [-0.3, -0.25) is 5.41 Å². The predicted octanol–water partition coefficient (Wildman–Crippen LogP) is 2.60. The third-order valence-corrected chi connectivity index (χ3v) is 4.84. The Morgan fingerprint density at radius 3 is 2.28 bits per heavy atom. The summed E-state index contributed by atoms with van der Waals surface area (Å²) in [6, 6.07) is 0. The van der Waals surface area contributed by atoms with E-state index in [2.05, 4.69) is 16.9 Å². The molecule has 0 saturated heterocycles. The van der Waals surface area contributed by atoms with Crippen LogP contribution in [0.4, 0.5) is 0 Å². The number of thioether (sulfide) groups is 1. The van der Waals surface area contributed by atoms with Gasteiger partial charge in [-0.25, -0.2) is 9.97 Å². The van der Waals surface area contributed by atoms with Gasteiger partial charge in [-0.15, -0.1) is 0 Å². The summed E-state index contributed by atoms with van der Waals surface area (Å²) < 4.78 is 0. The molecule has 1 aromatic heterocycles. The summed E-state index contributed by atoms with van der Waals surface area (Å²) in [5.41, 5.74) is 9.03. The third kappa shape index (κ3) is 3.02. The monoisotopic (exact) mass is 264 g/mol. The maximum absolute atomic E-state index is 7.41. The van der Waals surface area contributed by atoms with Crippen LogP contribution < -0.4 is 5.73 Å². The summed E-state index contributed by atoms with van der Waals surface area (Å²) in [7, 11) is 0. The summed E-state index contributed by atoms with van der Waals surface area (Å²) in [5.74, 6) is 1.26. The number of nitrogens with one attached hydrogen (secondary N) is 1. The van der Waals surface area contributed by atoms with Crippen LogP contribution in [0.3, 0.4) is 0 Å². The first kappa shape index (κ1) is 13.3. The van der Waals surface area contributed by atoms with Crippen LogP contribution in [0.1, 0.15) is 36.2 Å². The number of hydrogen-bond acceptors (Lipinski definition) is 4. The maximum Gasteiger partial charge on any atom is 0.188 e. The van der Waals surface area contributed by atoms with Crippen molar-refractivity contribution in [2.45, 2.75) is 45.2 Å². The highest BCUT2D eigenvalue weighted by atomic mass is 32.2. The molecule has 0 atom stereocenters. The lowest BCUT2D eigenvalue weighted by Gasteiger charge is -2.13. The number of aromatic nitrogens is 2. The van der Waals surface area contributed by atoms with E-state index in [1.165, 1.54) is 18.4 Å². The first-order valence-corrected chi connectivity index (χ1v) is 7.18. The Morgan fingerprint density at radius 1 is 1.28 bits per heavy atom. The minimum atomic E-state index is 0.243. The molecule has 2 rings (SSSR count). The number of hydrogen-bond donors (Lipinski definition) is 2. The Morgan fingerprint density at radius 2 is 1.83 bits per heavy atom. The van der Waals surface area contributed by atoms with Crippen molar-refractivity contribution in [2.24, 2.45) is 11.1 Å². The van der Waals surface area contributed by atoms with Gasteiger partial charge in [0.05, 0.1) is 5.84 Å². The summed E-state index contributed by atoms with van der Waals surface area (Å²) in [6.07, 6.45) is 3.05. The van der Waals surface area contributed by atoms with Gasteiger partial charge >= 0.3 is 0 Å². The van der Waals surface area contributed by atoms with E-state index in [-0.39, 0.29) is 5.41 Å². The minimum absolute atomic E-state index is 0.243. The molecule has 0 aliphatic heterocycles. The molecule has 5 heteroatoms. The van der Waals surface area contributed by atoms with E-state index in [1.54, 1.807) is 11.8 Å². The lowest BCUT2D eigenvalue weighted by molar-refractivity contribution is 0.610. The average Bonchev–Trinajstić information content (AvgIpc) is 3.02. The average molecular weight is 264 g/mol. The molecule has 3 N–H and O–H groups in total. The number of aryl methyl sites for hydroxylation is 2. The van der Waals surface area contributed by atoms with Crippen molar-refractivity contribution >= 4 is 17.6 Å². The molecule has 1 aromatic rings. The summed E-state index contributed by atoms with van der Waals surface area (Å²) >= 11 is 1.69. The first-order chi connectivity index (χ1) is 8.42. The number of nitrogens with two attached hydrogens (primary N) is 1. The molecule has 98 valence electrons. The fourth-order valence-electron chi connectivity index (χ4n) is 1.98. The zero-order chi connectivity index (χ0) is 13.3. The van der Waals surface area contributed by atoms with Crippen molar-refractivity contribution in [3.63, 3.8) is 0 Å². The van der Waals surface area contributed by atoms with Crippen molar-refractivity contribution in [1.29, 1.82) is 5.41 Å². The van der Waals surface area contributed by atoms with Gasteiger partial charge in [0.15, 0.2) is 5.16 Å². The van der Waals surface area contributed by atoms with Crippen molar-refractivity contribution in [1.82, 2.24) is 9.97 Å². The Labute approximate surface area is 112 Å². The third-order valence-electron chi connectivity index (χ3n) is 3.64. The molecule has 0 aromatic carbocycles. The van der Waals surface area contributed by atoms with E-state index in [9.17, 15) is 0 Å². The van der Waals surface area contributed by atoms with E-state index in [0.717, 1.165) is 22.3 Å². The largest absolute Gasteiger partial charge is 0.388 e. The highest BCUT2D eigenvalue weighted by molar-refractivity contribution is 7.99. The zero-order valence-electron chi connectivity index (χ0n) is 11.2. The van der Waals surface area contributed by atoms with Crippen LogP contribution in [-0.2, 0) is 0 Å². The van der Waals surface area contributed by atoms with Crippen LogP contribution >= 0.6 is 11.8 Å². The smallest absolute Gasteiger partial charge is 0.188 e. The Balaban J connectivity index is 2.01. The number of nitrogens with zero attached hydrogens (tertiary/aromatic N) is 2.